The molecule has 132 valence electrons. The molecule has 2 aromatic rings. The van der Waals surface area contributed by atoms with E-state index >= 15 is 0 Å². The molecule has 25 heavy (non-hydrogen) atoms. The summed E-state index contributed by atoms with van der Waals surface area (Å²) in [6.45, 7) is 9.21. The number of rotatable bonds is 8. The number of allylic oxidation sites excluding steroid dienone is 2. The van der Waals surface area contributed by atoms with Crippen molar-refractivity contribution in [3.05, 3.63) is 83.9 Å². The van der Waals surface area contributed by atoms with Crippen molar-refractivity contribution in [1.29, 1.82) is 0 Å². The predicted molar refractivity (Wildman–Crippen MR) is 114 cm³/mol. The number of hydrogen-bond donors (Lipinski definition) is 0. The van der Waals surface area contributed by atoms with Gasteiger partial charge in [-0.1, -0.05) is 0 Å². The molecule has 0 saturated heterocycles. The number of hydrogen-bond acceptors (Lipinski definition) is 0. The fraction of sp³-hybridized carbons (Fsp3) is 0.333. The van der Waals surface area contributed by atoms with Crippen LogP contribution in [-0.2, 0) is 0 Å². The summed E-state index contributed by atoms with van der Waals surface area (Å²) in [6.07, 6.45) is 7.42. The molecule has 2 atom stereocenters. The van der Waals surface area contributed by atoms with E-state index in [2.05, 4.69) is 101 Å². The van der Waals surface area contributed by atoms with Crippen LogP contribution in [0, 0.1) is 11.8 Å². The quantitative estimate of drug-likeness (QED) is 0.389. The molecule has 2 rings (SSSR count). The first kappa shape index (κ1) is 20.0. The third-order valence-corrected chi connectivity index (χ3v) is 7.87. The predicted octanol–water partition coefficient (Wildman–Crippen LogP) is 6.87. The fourth-order valence-electron chi connectivity index (χ4n) is 2.45. The van der Waals surface area contributed by atoms with Gasteiger partial charge >= 0.3 is 164 Å². The van der Waals surface area contributed by atoms with Gasteiger partial charge in [0.25, 0.3) is 0 Å². The van der Waals surface area contributed by atoms with Crippen LogP contribution >= 0.6 is 0 Å². The van der Waals surface area contributed by atoms with Gasteiger partial charge in [0.2, 0.25) is 0 Å². The van der Waals surface area contributed by atoms with E-state index < -0.39 is 20.9 Å². The van der Waals surface area contributed by atoms with Gasteiger partial charge in [-0.25, -0.2) is 0 Å². The third-order valence-electron chi connectivity index (χ3n) is 4.50. The van der Waals surface area contributed by atoms with Gasteiger partial charge in [0.15, 0.2) is 0 Å². The van der Waals surface area contributed by atoms with Crippen molar-refractivity contribution in [2.45, 2.75) is 40.5 Å². The molecular weight excluding hydrogens is 416 g/mol. The van der Waals surface area contributed by atoms with Crippen LogP contribution in [0.15, 0.2) is 72.8 Å². The second-order valence-electron chi connectivity index (χ2n) is 6.67. The minimum atomic E-state index is -0.441. The van der Waals surface area contributed by atoms with E-state index in [4.69, 9.17) is 0 Å². The first-order valence-corrected chi connectivity index (χ1v) is 11.7. The van der Waals surface area contributed by atoms with Crippen molar-refractivity contribution >= 4 is 28.2 Å². The SMILES string of the molecule is CCC(C)/C=C(\[Te]/C(=C/C(C)CC)c1ccccc1)c1ccccc1. The van der Waals surface area contributed by atoms with E-state index in [-0.39, 0.29) is 0 Å². The van der Waals surface area contributed by atoms with Crippen molar-refractivity contribution in [3.8, 4) is 0 Å². The third kappa shape index (κ3) is 6.50. The Kier molecular flexibility index (Phi) is 8.53. The van der Waals surface area contributed by atoms with Gasteiger partial charge in [0.1, 0.15) is 0 Å². The maximum absolute atomic E-state index is 2.52. The van der Waals surface area contributed by atoms with Gasteiger partial charge < -0.3 is 0 Å². The standard InChI is InChI=1S/C24H30Te/c1-5-19(3)17-23(21-13-9-7-10-14-21)25-24(18-20(4)6-2)22-15-11-8-12-16-22/h7-20H,5-6H2,1-4H3/b23-17-,24-18+. The summed E-state index contributed by atoms with van der Waals surface area (Å²) in [7, 11) is 0. The van der Waals surface area contributed by atoms with E-state index in [1.165, 1.54) is 24.0 Å². The molecule has 0 bridgehead atoms. The van der Waals surface area contributed by atoms with Crippen LogP contribution in [0.5, 0.6) is 0 Å². The Morgan fingerprint density at radius 2 is 1.08 bits per heavy atom. The average molecular weight is 446 g/mol. The van der Waals surface area contributed by atoms with Gasteiger partial charge in [0.05, 0.1) is 0 Å². The van der Waals surface area contributed by atoms with E-state index in [0.717, 1.165) is 0 Å². The Labute approximate surface area is 164 Å². The van der Waals surface area contributed by atoms with E-state index in [1.54, 1.807) is 7.24 Å². The molecule has 2 unspecified atom stereocenters. The second-order valence-corrected chi connectivity index (χ2v) is 9.76. The fourth-order valence-corrected chi connectivity index (χ4v) is 6.29. The average Bonchev–Trinajstić information content (AvgIpc) is 2.67. The number of benzene rings is 2. The van der Waals surface area contributed by atoms with Crippen molar-refractivity contribution in [2.75, 3.05) is 0 Å². The molecule has 0 amide bonds. The molecule has 1 heteroatoms. The van der Waals surface area contributed by atoms with Gasteiger partial charge in [0, 0.05) is 0 Å². The molecule has 0 fully saturated rings. The van der Waals surface area contributed by atoms with Crippen LogP contribution in [-0.4, -0.2) is 20.9 Å². The van der Waals surface area contributed by atoms with E-state index in [1.807, 2.05) is 0 Å². The molecule has 0 N–H and O–H groups in total. The summed E-state index contributed by atoms with van der Waals surface area (Å²) in [5, 5.41) is 0. The van der Waals surface area contributed by atoms with Crippen LogP contribution in [0.1, 0.15) is 51.7 Å². The molecule has 0 aliphatic rings. The van der Waals surface area contributed by atoms with Gasteiger partial charge in [-0.15, -0.1) is 0 Å². The van der Waals surface area contributed by atoms with Crippen LogP contribution in [0.2, 0.25) is 0 Å². The molecule has 0 saturated carbocycles. The first-order chi connectivity index (χ1) is 12.1. The van der Waals surface area contributed by atoms with Gasteiger partial charge in [-0.05, 0) is 0 Å². The topological polar surface area (TPSA) is 0 Å². The van der Waals surface area contributed by atoms with Gasteiger partial charge in [-0.2, -0.15) is 0 Å². The Hall–Kier alpha value is -1.29. The zero-order valence-corrected chi connectivity index (χ0v) is 18.2. The van der Waals surface area contributed by atoms with Crippen molar-refractivity contribution in [1.82, 2.24) is 0 Å². The monoisotopic (exact) mass is 448 g/mol. The molecule has 0 heterocycles. The molecule has 0 aliphatic carbocycles. The van der Waals surface area contributed by atoms with Gasteiger partial charge in [-0.3, -0.25) is 0 Å². The zero-order chi connectivity index (χ0) is 18.1. The summed E-state index contributed by atoms with van der Waals surface area (Å²) in [5.41, 5.74) is 2.80. The minimum absolute atomic E-state index is 0.441. The van der Waals surface area contributed by atoms with Crippen LogP contribution in [0.4, 0.5) is 0 Å². The Morgan fingerprint density at radius 1 is 0.720 bits per heavy atom. The Bertz CT molecular complexity index is 621. The van der Waals surface area contributed by atoms with E-state index in [9.17, 15) is 0 Å². The van der Waals surface area contributed by atoms with Crippen LogP contribution in [0.3, 0.4) is 0 Å². The maximum atomic E-state index is 2.52. The van der Waals surface area contributed by atoms with E-state index in [0.29, 0.717) is 11.8 Å². The molecule has 0 spiro atoms. The second kappa shape index (κ2) is 10.6. The van der Waals surface area contributed by atoms with Crippen LogP contribution < -0.4 is 0 Å². The summed E-state index contributed by atoms with van der Waals surface area (Å²) in [5.74, 6) is 1.25. The summed E-state index contributed by atoms with van der Waals surface area (Å²) >= 11 is -0.441. The molecule has 2 aromatic carbocycles. The van der Waals surface area contributed by atoms with Crippen molar-refractivity contribution in [2.24, 2.45) is 11.8 Å². The molecular formula is C24H30Te. The summed E-state index contributed by atoms with van der Waals surface area (Å²) < 4.78 is 3.14. The van der Waals surface area contributed by atoms with Crippen molar-refractivity contribution in [3.63, 3.8) is 0 Å². The summed E-state index contributed by atoms with van der Waals surface area (Å²) in [6, 6.07) is 21.9. The molecule has 0 radical (unpaired) electrons. The normalized spacial score (nSPS) is 15.0. The molecule has 0 aromatic heterocycles. The van der Waals surface area contributed by atoms with Crippen molar-refractivity contribution < 1.29 is 0 Å². The first-order valence-electron chi connectivity index (χ1n) is 9.36. The Balaban J connectivity index is 2.41. The zero-order valence-electron chi connectivity index (χ0n) is 15.9. The Morgan fingerprint density at radius 3 is 1.40 bits per heavy atom. The van der Waals surface area contributed by atoms with Crippen LogP contribution in [0.25, 0.3) is 7.24 Å². The molecule has 0 nitrogen and oxygen atoms in total. The summed E-state index contributed by atoms with van der Waals surface area (Å²) in [4.78, 5) is 0. The molecule has 0 aliphatic heterocycles.